The van der Waals surface area contributed by atoms with Crippen LogP contribution in [0.25, 0.3) is 0 Å². The van der Waals surface area contributed by atoms with Crippen LogP contribution in [-0.2, 0) is 48.2 Å². The summed E-state index contributed by atoms with van der Waals surface area (Å²) in [4.78, 5) is 0. The van der Waals surface area contributed by atoms with Gasteiger partial charge in [-0.25, -0.2) is 0 Å². The third-order valence-corrected chi connectivity index (χ3v) is 6.52. The molecule has 208 valence electrons. The third kappa shape index (κ3) is 8.55. The molecule has 3 aromatic carbocycles. The molecule has 0 saturated carbocycles. The standard InChI is InChI=1S/C32H38O7/c1-3-19-35-23-27(33)28-29(36-20-24-13-7-4-8-14-24)30(37-21-25-15-9-5-10-16-25)31(32(34-2)39-28)38-22-26-17-11-6-12-18-26/h3-18,27-33H,1,19-23H2,2H3/t27-,28+,29-,30-,31+,32-/m0/s1. The average Bonchev–Trinajstić information content (AvgIpc) is 2.99. The summed E-state index contributed by atoms with van der Waals surface area (Å²) in [5.41, 5.74) is 3.01. The van der Waals surface area contributed by atoms with Gasteiger partial charge in [-0.3, -0.25) is 0 Å². The molecular formula is C32H38O7. The SMILES string of the molecule is C=CCOC[C@H](O)[C@H]1O[C@H](OC)[C@H](OCc2ccccc2)[C@@H](OCc2ccccc2)[C@H]1OCc1ccccc1. The minimum atomic E-state index is -0.999. The van der Waals surface area contributed by atoms with Gasteiger partial charge in [0.15, 0.2) is 6.29 Å². The zero-order chi connectivity index (χ0) is 27.3. The number of hydrogen-bond acceptors (Lipinski definition) is 7. The molecular weight excluding hydrogens is 496 g/mol. The lowest BCUT2D eigenvalue weighted by atomic mass is 9.94. The number of methoxy groups -OCH3 is 1. The molecule has 1 fully saturated rings. The number of benzene rings is 3. The maximum Gasteiger partial charge on any atom is 0.186 e. The minimum absolute atomic E-state index is 0.0409. The maximum absolute atomic E-state index is 11.2. The molecule has 1 N–H and O–H groups in total. The van der Waals surface area contributed by atoms with E-state index in [1.54, 1.807) is 13.2 Å². The topological polar surface area (TPSA) is 75.6 Å². The van der Waals surface area contributed by atoms with Gasteiger partial charge in [-0.15, -0.1) is 6.58 Å². The van der Waals surface area contributed by atoms with Gasteiger partial charge in [-0.1, -0.05) is 97.1 Å². The molecule has 0 amide bonds. The van der Waals surface area contributed by atoms with E-state index in [1.807, 2.05) is 91.0 Å². The van der Waals surface area contributed by atoms with Crippen LogP contribution >= 0.6 is 0 Å². The van der Waals surface area contributed by atoms with Crippen LogP contribution in [0.15, 0.2) is 104 Å². The van der Waals surface area contributed by atoms with Crippen LogP contribution in [0.5, 0.6) is 0 Å². The first-order valence-corrected chi connectivity index (χ1v) is 13.2. The Morgan fingerprint density at radius 2 is 1.21 bits per heavy atom. The fourth-order valence-electron chi connectivity index (χ4n) is 4.56. The normalized spacial score (nSPS) is 23.8. The van der Waals surface area contributed by atoms with E-state index in [9.17, 15) is 5.11 Å². The molecule has 0 aromatic heterocycles. The fourth-order valence-corrected chi connectivity index (χ4v) is 4.56. The Morgan fingerprint density at radius 1 is 0.744 bits per heavy atom. The summed E-state index contributed by atoms with van der Waals surface area (Å²) < 4.78 is 37.0. The Morgan fingerprint density at radius 3 is 1.67 bits per heavy atom. The molecule has 1 heterocycles. The first-order chi connectivity index (χ1) is 19.2. The summed E-state index contributed by atoms with van der Waals surface area (Å²) in [5, 5.41) is 11.2. The molecule has 0 spiro atoms. The molecule has 3 aromatic rings. The predicted octanol–water partition coefficient (Wildman–Crippen LogP) is 4.68. The van der Waals surface area contributed by atoms with E-state index in [0.717, 1.165) is 16.7 Å². The molecule has 39 heavy (non-hydrogen) atoms. The van der Waals surface area contributed by atoms with E-state index in [-0.39, 0.29) is 6.61 Å². The van der Waals surface area contributed by atoms with Crippen LogP contribution in [0.2, 0.25) is 0 Å². The highest BCUT2D eigenvalue weighted by molar-refractivity contribution is 5.15. The van der Waals surface area contributed by atoms with Crippen LogP contribution in [-0.4, -0.2) is 62.2 Å². The molecule has 7 nitrogen and oxygen atoms in total. The highest BCUT2D eigenvalue weighted by Crippen LogP contribution is 2.32. The second kappa shape index (κ2) is 15.6. The van der Waals surface area contributed by atoms with Crippen molar-refractivity contribution < 1.29 is 33.5 Å². The fraction of sp³-hybridized carbons (Fsp3) is 0.375. The zero-order valence-electron chi connectivity index (χ0n) is 22.3. The Bertz CT molecular complexity index is 1080. The zero-order valence-corrected chi connectivity index (χ0v) is 22.3. The van der Waals surface area contributed by atoms with Crippen molar-refractivity contribution in [2.24, 2.45) is 0 Å². The number of rotatable bonds is 15. The van der Waals surface area contributed by atoms with Crippen molar-refractivity contribution in [1.29, 1.82) is 0 Å². The molecule has 1 aliphatic heterocycles. The summed E-state index contributed by atoms with van der Waals surface area (Å²) in [6.07, 6.45) is -2.88. The largest absolute Gasteiger partial charge is 0.388 e. The van der Waals surface area contributed by atoms with Crippen molar-refractivity contribution in [3.8, 4) is 0 Å². The summed E-state index contributed by atoms with van der Waals surface area (Å²) >= 11 is 0. The van der Waals surface area contributed by atoms with Crippen molar-refractivity contribution in [2.45, 2.75) is 56.6 Å². The van der Waals surface area contributed by atoms with E-state index in [4.69, 9.17) is 28.4 Å². The van der Waals surface area contributed by atoms with Crippen molar-refractivity contribution in [3.05, 3.63) is 120 Å². The second-order valence-corrected chi connectivity index (χ2v) is 9.38. The lowest BCUT2D eigenvalue weighted by molar-refractivity contribution is -0.331. The van der Waals surface area contributed by atoms with Crippen LogP contribution < -0.4 is 0 Å². The molecule has 4 rings (SSSR count). The van der Waals surface area contributed by atoms with E-state index in [0.29, 0.717) is 26.4 Å². The smallest absolute Gasteiger partial charge is 0.186 e. The van der Waals surface area contributed by atoms with Crippen LogP contribution in [0.4, 0.5) is 0 Å². The van der Waals surface area contributed by atoms with Gasteiger partial charge in [0.1, 0.15) is 30.5 Å². The molecule has 0 bridgehead atoms. The van der Waals surface area contributed by atoms with E-state index >= 15 is 0 Å². The highest BCUT2D eigenvalue weighted by atomic mass is 16.7. The highest BCUT2D eigenvalue weighted by Gasteiger charge is 2.50. The molecule has 7 heteroatoms. The number of aliphatic hydroxyl groups is 1. The lowest BCUT2D eigenvalue weighted by Crippen LogP contribution is -2.63. The number of ether oxygens (including phenoxy) is 6. The number of hydrogen-bond donors (Lipinski definition) is 1. The number of aliphatic hydroxyl groups excluding tert-OH is 1. The summed E-state index contributed by atoms with van der Waals surface area (Å²) in [7, 11) is 1.56. The Kier molecular flexibility index (Phi) is 11.7. The van der Waals surface area contributed by atoms with Crippen molar-refractivity contribution in [1.82, 2.24) is 0 Å². The second-order valence-electron chi connectivity index (χ2n) is 9.38. The Balaban J connectivity index is 1.61. The molecule has 1 aliphatic rings. The summed E-state index contributed by atoms with van der Waals surface area (Å²) in [5.74, 6) is 0. The average molecular weight is 535 g/mol. The van der Waals surface area contributed by atoms with Gasteiger partial charge in [0.05, 0.1) is 33.0 Å². The van der Waals surface area contributed by atoms with Gasteiger partial charge in [0.2, 0.25) is 0 Å². The first kappa shape index (κ1) is 29.1. The molecule has 0 aliphatic carbocycles. The van der Waals surface area contributed by atoms with E-state index in [2.05, 4.69) is 6.58 Å². The van der Waals surface area contributed by atoms with E-state index < -0.39 is 36.8 Å². The van der Waals surface area contributed by atoms with Gasteiger partial charge >= 0.3 is 0 Å². The lowest BCUT2D eigenvalue weighted by Gasteiger charge is -2.46. The van der Waals surface area contributed by atoms with Gasteiger partial charge in [0, 0.05) is 7.11 Å². The van der Waals surface area contributed by atoms with Crippen LogP contribution in [0, 0.1) is 0 Å². The monoisotopic (exact) mass is 534 g/mol. The van der Waals surface area contributed by atoms with Crippen molar-refractivity contribution in [2.75, 3.05) is 20.3 Å². The summed E-state index contributed by atoms with van der Waals surface area (Å²) in [6, 6.07) is 29.7. The van der Waals surface area contributed by atoms with E-state index in [1.165, 1.54) is 0 Å². The third-order valence-electron chi connectivity index (χ3n) is 6.52. The Hall–Kier alpha value is -2.88. The summed E-state index contributed by atoms with van der Waals surface area (Å²) in [6.45, 7) is 4.99. The van der Waals surface area contributed by atoms with Crippen LogP contribution in [0.3, 0.4) is 0 Å². The Labute approximate surface area is 230 Å². The van der Waals surface area contributed by atoms with Crippen LogP contribution in [0.1, 0.15) is 16.7 Å². The molecule has 0 unspecified atom stereocenters. The maximum atomic E-state index is 11.2. The van der Waals surface area contributed by atoms with Gasteiger partial charge in [-0.05, 0) is 16.7 Å². The minimum Gasteiger partial charge on any atom is -0.388 e. The molecule has 1 saturated heterocycles. The van der Waals surface area contributed by atoms with Crippen molar-refractivity contribution >= 4 is 0 Å². The first-order valence-electron chi connectivity index (χ1n) is 13.2. The molecule has 0 radical (unpaired) electrons. The van der Waals surface area contributed by atoms with Crippen molar-refractivity contribution in [3.63, 3.8) is 0 Å². The van der Waals surface area contributed by atoms with Gasteiger partial charge in [0.25, 0.3) is 0 Å². The van der Waals surface area contributed by atoms with Gasteiger partial charge < -0.3 is 33.5 Å². The van der Waals surface area contributed by atoms with Gasteiger partial charge in [-0.2, -0.15) is 0 Å². The quantitative estimate of drug-likeness (QED) is 0.224. The predicted molar refractivity (Wildman–Crippen MR) is 148 cm³/mol. The molecule has 6 atom stereocenters.